The van der Waals surface area contributed by atoms with Crippen molar-refractivity contribution in [3.05, 3.63) is 52.8 Å². The first-order chi connectivity index (χ1) is 8.02. The summed E-state index contributed by atoms with van der Waals surface area (Å²) in [6, 6.07) is 8.28. The van der Waals surface area contributed by atoms with Gasteiger partial charge in [0, 0.05) is 30.4 Å². The molecule has 1 heterocycles. The van der Waals surface area contributed by atoms with E-state index in [9.17, 15) is 0 Å². The van der Waals surface area contributed by atoms with Gasteiger partial charge in [0.25, 0.3) is 0 Å². The molecule has 0 unspecified atom stereocenters. The second kappa shape index (κ2) is 4.81. The maximum absolute atomic E-state index is 4.38. The summed E-state index contributed by atoms with van der Waals surface area (Å²) in [6.45, 7) is 9.97. The van der Waals surface area contributed by atoms with Crippen LogP contribution in [0.3, 0.4) is 0 Å². The van der Waals surface area contributed by atoms with Crippen LogP contribution in [-0.4, -0.2) is 0 Å². The predicted octanol–water partition coefficient (Wildman–Crippen LogP) is 5.51. The number of rotatable bonds is 2. The standard InChI is InChI=1S/C14H13PS2/c1-8(2)12-13(15)10-6-4-5-7-11(10)17-14(12)9(3)16/h4-7,15-16H,1,3H2,2H3. The Kier molecular flexibility index (Phi) is 3.58. The van der Waals surface area contributed by atoms with Gasteiger partial charge in [0.05, 0.1) is 0 Å². The Bertz CT molecular complexity index is 680. The Labute approximate surface area is 113 Å². The molecule has 0 nitrogen and oxygen atoms in total. The highest BCUT2D eigenvalue weighted by atomic mass is 32.1. The van der Waals surface area contributed by atoms with Crippen molar-refractivity contribution in [2.45, 2.75) is 6.92 Å². The summed E-state index contributed by atoms with van der Waals surface area (Å²) >= 11 is 6.07. The first-order valence-corrected chi connectivity index (χ1v) is 6.93. The molecular formula is C14H13PS2. The molecular weight excluding hydrogens is 263 g/mol. The van der Waals surface area contributed by atoms with Gasteiger partial charge in [-0.25, -0.2) is 0 Å². The Hall–Kier alpha value is -0.820. The van der Waals surface area contributed by atoms with Gasteiger partial charge in [-0.05, 0) is 18.6 Å². The molecule has 0 fully saturated rings. The van der Waals surface area contributed by atoms with Gasteiger partial charge in [-0.15, -0.1) is 32.8 Å². The molecule has 0 spiro atoms. The molecule has 2 aromatic rings. The normalized spacial score (nSPS) is 10.5. The topological polar surface area (TPSA) is 0 Å². The lowest BCUT2D eigenvalue weighted by atomic mass is 10.1. The minimum Gasteiger partial charge on any atom is -0.143 e. The van der Waals surface area contributed by atoms with E-state index in [2.05, 4.69) is 46.8 Å². The Balaban J connectivity index is 2.99. The lowest BCUT2D eigenvalue weighted by Crippen LogP contribution is -1.88. The van der Waals surface area contributed by atoms with Crippen LogP contribution in [0.1, 0.15) is 17.4 Å². The van der Waals surface area contributed by atoms with Gasteiger partial charge in [0.15, 0.2) is 0 Å². The predicted molar refractivity (Wildman–Crippen MR) is 86.1 cm³/mol. The van der Waals surface area contributed by atoms with Crippen molar-refractivity contribution in [3.8, 4) is 0 Å². The molecule has 0 N–H and O–H groups in total. The number of fused-ring (bicyclic) bond motifs is 1. The Morgan fingerprint density at radius 1 is 1.29 bits per heavy atom. The number of benzene rings is 1. The first-order valence-electron chi connectivity index (χ1n) is 5.17. The molecule has 2 rings (SSSR count). The second-order valence-corrected chi connectivity index (χ2v) is 6.00. The summed E-state index contributed by atoms with van der Waals surface area (Å²) in [5, 5.41) is 1.20. The molecule has 0 aliphatic rings. The maximum Gasteiger partial charge on any atom is 0.0488 e. The monoisotopic (exact) mass is 276 g/mol. The highest BCUT2D eigenvalue weighted by Crippen LogP contribution is 2.36. The van der Waals surface area contributed by atoms with Crippen LogP contribution in [0.5, 0.6) is 0 Å². The SMILES string of the molecule is C=C(S)c1sc2ccccc2c(=P)c1C(=C)C. The van der Waals surface area contributed by atoms with E-state index in [4.69, 9.17) is 0 Å². The zero-order valence-electron chi connectivity index (χ0n) is 9.58. The number of hydrogen-bond acceptors (Lipinski definition) is 2. The van der Waals surface area contributed by atoms with Crippen molar-refractivity contribution in [2.24, 2.45) is 0 Å². The van der Waals surface area contributed by atoms with Crippen LogP contribution in [0.25, 0.3) is 20.6 Å². The molecule has 0 bridgehead atoms. The molecule has 0 saturated carbocycles. The van der Waals surface area contributed by atoms with Crippen LogP contribution >= 0.6 is 32.8 Å². The lowest BCUT2D eigenvalue weighted by Gasteiger charge is -2.11. The number of thiol groups is 1. The van der Waals surface area contributed by atoms with Gasteiger partial charge >= 0.3 is 0 Å². The number of allylic oxidation sites excluding steroid dienone is 1. The fraction of sp³-hybridized carbons (Fsp3) is 0.0714. The third-order valence-corrected chi connectivity index (χ3v) is 4.66. The summed E-state index contributed by atoms with van der Waals surface area (Å²) in [4.78, 5) is 2.92. The lowest BCUT2D eigenvalue weighted by molar-refractivity contribution is 1.62. The van der Waals surface area contributed by atoms with Crippen molar-refractivity contribution in [1.82, 2.24) is 0 Å². The second-order valence-electron chi connectivity index (χ2n) is 3.90. The fourth-order valence-electron chi connectivity index (χ4n) is 1.78. The van der Waals surface area contributed by atoms with Crippen LogP contribution < -0.4 is 0 Å². The molecule has 1 aromatic heterocycles. The van der Waals surface area contributed by atoms with Crippen LogP contribution in [0.15, 0.2) is 37.4 Å². The largest absolute Gasteiger partial charge is 0.143 e. The molecule has 0 saturated heterocycles. The van der Waals surface area contributed by atoms with Crippen molar-refractivity contribution in [3.63, 3.8) is 0 Å². The third-order valence-electron chi connectivity index (χ3n) is 2.53. The molecule has 0 atom stereocenters. The minimum absolute atomic E-state index is 0.776. The highest BCUT2D eigenvalue weighted by Gasteiger charge is 2.10. The summed E-state index contributed by atoms with van der Waals surface area (Å²) in [7, 11) is 3.73. The Morgan fingerprint density at radius 3 is 2.53 bits per heavy atom. The minimum atomic E-state index is 0.776. The first kappa shape index (κ1) is 12.6. The van der Waals surface area contributed by atoms with Crippen LogP contribution in [0.2, 0.25) is 0 Å². The molecule has 0 aliphatic carbocycles. The average Bonchev–Trinajstić information content (AvgIpc) is 2.28. The van der Waals surface area contributed by atoms with Crippen LogP contribution in [-0.2, 0) is 0 Å². The maximum atomic E-state index is 4.38. The number of hydrogen-bond donors (Lipinski definition) is 1. The van der Waals surface area contributed by atoms with Crippen LogP contribution in [0, 0.1) is 4.94 Å². The zero-order chi connectivity index (χ0) is 12.6. The van der Waals surface area contributed by atoms with E-state index in [-0.39, 0.29) is 0 Å². The van der Waals surface area contributed by atoms with Crippen molar-refractivity contribution >= 4 is 53.4 Å². The van der Waals surface area contributed by atoms with Crippen LogP contribution in [0.4, 0.5) is 0 Å². The molecule has 17 heavy (non-hydrogen) atoms. The van der Waals surface area contributed by atoms with Gasteiger partial charge < -0.3 is 0 Å². The van der Waals surface area contributed by atoms with Gasteiger partial charge in [-0.3, -0.25) is 0 Å². The summed E-state index contributed by atoms with van der Waals surface area (Å²) in [6.07, 6.45) is 0. The fourth-order valence-corrected chi connectivity index (χ4v) is 3.91. The molecule has 0 radical (unpaired) electrons. The Morgan fingerprint density at radius 2 is 1.94 bits per heavy atom. The summed E-state index contributed by atoms with van der Waals surface area (Å²) in [5.41, 5.74) is 2.12. The van der Waals surface area contributed by atoms with Gasteiger partial charge in [-0.2, -0.15) is 0 Å². The van der Waals surface area contributed by atoms with E-state index in [0.717, 1.165) is 25.9 Å². The van der Waals surface area contributed by atoms with Crippen molar-refractivity contribution in [1.29, 1.82) is 0 Å². The van der Waals surface area contributed by atoms with E-state index >= 15 is 0 Å². The molecule has 0 amide bonds. The van der Waals surface area contributed by atoms with Gasteiger partial charge in [0.2, 0.25) is 0 Å². The zero-order valence-corrected chi connectivity index (χ0v) is 12.3. The molecule has 1 aromatic carbocycles. The quantitative estimate of drug-likeness (QED) is 0.542. The van der Waals surface area contributed by atoms with E-state index in [1.165, 1.54) is 10.1 Å². The van der Waals surface area contributed by atoms with E-state index < -0.39 is 0 Å². The highest BCUT2D eigenvalue weighted by molar-refractivity contribution is 7.90. The van der Waals surface area contributed by atoms with E-state index in [1.807, 2.05) is 19.1 Å². The average molecular weight is 276 g/mol. The molecule has 86 valence electrons. The molecule has 3 heteroatoms. The summed E-state index contributed by atoms with van der Waals surface area (Å²) in [5.74, 6) is 0. The van der Waals surface area contributed by atoms with Crippen molar-refractivity contribution in [2.75, 3.05) is 0 Å². The smallest absolute Gasteiger partial charge is 0.0488 e. The van der Waals surface area contributed by atoms with Crippen molar-refractivity contribution < 1.29 is 0 Å². The van der Waals surface area contributed by atoms with Gasteiger partial charge in [0.1, 0.15) is 0 Å². The third kappa shape index (κ3) is 2.26. The summed E-state index contributed by atoms with van der Waals surface area (Å²) < 4.78 is 1.22. The van der Waals surface area contributed by atoms with Gasteiger partial charge in [-0.1, -0.05) is 31.4 Å². The van der Waals surface area contributed by atoms with E-state index in [0.29, 0.717) is 0 Å². The molecule has 0 aliphatic heterocycles. The van der Waals surface area contributed by atoms with E-state index in [1.54, 1.807) is 11.3 Å².